The monoisotopic (exact) mass is 314 g/mol. The molecule has 0 fully saturated rings. The molecule has 0 bridgehead atoms. The molecule has 5 heteroatoms. The predicted octanol–water partition coefficient (Wildman–Crippen LogP) is 4.92. The molecular formula is C16H24F2O2Si. The molecule has 0 aliphatic carbocycles. The van der Waals surface area contributed by atoms with Crippen LogP contribution in [0, 0.1) is 11.6 Å². The van der Waals surface area contributed by atoms with Crippen LogP contribution in [-0.2, 0) is 4.43 Å². The summed E-state index contributed by atoms with van der Waals surface area (Å²) in [7, 11) is -1.94. The molecule has 2 nitrogen and oxygen atoms in total. The van der Waals surface area contributed by atoms with Gasteiger partial charge in [0.15, 0.2) is 25.7 Å². The van der Waals surface area contributed by atoms with Crippen LogP contribution in [0.15, 0.2) is 30.9 Å². The van der Waals surface area contributed by atoms with Gasteiger partial charge in [0, 0.05) is 0 Å². The molecule has 1 aromatic carbocycles. The molecule has 1 unspecified atom stereocenters. The second-order valence-electron chi connectivity index (χ2n) is 6.51. The van der Waals surface area contributed by atoms with E-state index in [-0.39, 0.29) is 17.4 Å². The Morgan fingerprint density at radius 2 is 1.76 bits per heavy atom. The van der Waals surface area contributed by atoms with Crippen molar-refractivity contribution in [3.63, 3.8) is 0 Å². The van der Waals surface area contributed by atoms with Crippen LogP contribution < -0.4 is 4.74 Å². The van der Waals surface area contributed by atoms with Crippen molar-refractivity contribution in [1.82, 2.24) is 0 Å². The van der Waals surface area contributed by atoms with E-state index in [2.05, 4.69) is 40.4 Å². The molecule has 118 valence electrons. The van der Waals surface area contributed by atoms with Crippen LogP contribution in [-0.4, -0.2) is 21.0 Å². The first-order valence-electron chi connectivity index (χ1n) is 6.95. The highest BCUT2D eigenvalue weighted by Gasteiger charge is 2.37. The lowest BCUT2D eigenvalue weighted by Crippen LogP contribution is -2.43. The summed E-state index contributed by atoms with van der Waals surface area (Å²) in [6.45, 7) is 14.5. The number of halogens is 2. The Labute approximate surface area is 126 Å². The smallest absolute Gasteiger partial charge is 0.192 e. The van der Waals surface area contributed by atoms with Crippen molar-refractivity contribution in [2.75, 3.05) is 6.61 Å². The SMILES string of the molecule is C=CC(CO[Si](C)(C)C(C)(C)C)Oc1c(F)cccc1F. The van der Waals surface area contributed by atoms with Gasteiger partial charge in [0.25, 0.3) is 0 Å². The Morgan fingerprint density at radius 3 is 2.19 bits per heavy atom. The molecule has 0 saturated heterocycles. The zero-order valence-corrected chi connectivity index (χ0v) is 14.4. The zero-order valence-electron chi connectivity index (χ0n) is 13.4. The van der Waals surface area contributed by atoms with Gasteiger partial charge in [-0.15, -0.1) is 0 Å². The maximum absolute atomic E-state index is 13.6. The van der Waals surface area contributed by atoms with Gasteiger partial charge in [0.1, 0.15) is 6.10 Å². The summed E-state index contributed by atoms with van der Waals surface area (Å²) in [5, 5.41) is 0.0575. The summed E-state index contributed by atoms with van der Waals surface area (Å²) in [5.74, 6) is -1.84. The minimum Gasteiger partial charge on any atom is -0.478 e. The van der Waals surface area contributed by atoms with Crippen LogP contribution >= 0.6 is 0 Å². The van der Waals surface area contributed by atoms with Gasteiger partial charge in [0.05, 0.1) is 6.61 Å². The Kier molecular flexibility index (Phi) is 5.70. The Hall–Kier alpha value is -1.20. The first kappa shape index (κ1) is 17.8. The molecule has 1 atom stereocenters. The van der Waals surface area contributed by atoms with E-state index < -0.39 is 26.1 Å². The fourth-order valence-corrected chi connectivity index (χ4v) is 2.42. The third-order valence-electron chi connectivity index (χ3n) is 3.87. The maximum atomic E-state index is 13.6. The van der Waals surface area contributed by atoms with Crippen molar-refractivity contribution in [2.24, 2.45) is 0 Å². The largest absolute Gasteiger partial charge is 0.478 e. The van der Waals surface area contributed by atoms with E-state index in [4.69, 9.17) is 9.16 Å². The van der Waals surface area contributed by atoms with Crippen molar-refractivity contribution in [3.05, 3.63) is 42.5 Å². The van der Waals surface area contributed by atoms with Crippen LogP contribution in [0.3, 0.4) is 0 Å². The predicted molar refractivity (Wildman–Crippen MR) is 84.1 cm³/mol. The number of ether oxygens (including phenoxy) is 1. The molecule has 1 aromatic rings. The molecular weight excluding hydrogens is 290 g/mol. The molecule has 0 amide bonds. The van der Waals surface area contributed by atoms with Gasteiger partial charge in [-0.3, -0.25) is 0 Å². The lowest BCUT2D eigenvalue weighted by molar-refractivity contribution is 0.144. The standard InChI is InChI=1S/C16H24F2O2Si/c1-7-12(11-19-21(5,6)16(2,3)4)20-15-13(17)9-8-10-14(15)18/h7-10,12H,1,11H2,2-6H3. The highest BCUT2D eigenvalue weighted by Crippen LogP contribution is 2.36. The minimum atomic E-state index is -1.94. The second kappa shape index (κ2) is 6.71. The normalized spacial score (nSPS) is 13.9. The van der Waals surface area contributed by atoms with Gasteiger partial charge < -0.3 is 9.16 Å². The molecule has 0 saturated carbocycles. The molecule has 0 radical (unpaired) electrons. The van der Waals surface area contributed by atoms with Crippen molar-refractivity contribution in [3.8, 4) is 5.75 Å². The molecule has 21 heavy (non-hydrogen) atoms. The van der Waals surface area contributed by atoms with Crippen molar-refractivity contribution >= 4 is 8.32 Å². The molecule has 0 aliphatic rings. The Balaban J connectivity index is 2.76. The lowest BCUT2D eigenvalue weighted by Gasteiger charge is -2.37. The fraction of sp³-hybridized carbons (Fsp3) is 0.500. The van der Waals surface area contributed by atoms with Crippen LogP contribution in [0.5, 0.6) is 5.75 Å². The third kappa shape index (κ3) is 4.64. The van der Waals surface area contributed by atoms with Gasteiger partial charge in [-0.1, -0.05) is 33.4 Å². The van der Waals surface area contributed by atoms with E-state index in [1.165, 1.54) is 12.1 Å². The average molecular weight is 314 g/mol. The summed E-state index contributed by atoms with van der Waals surface area (Å²) in [5.41, 5.74) is 0. The van der Waals surface area contributed by atoms with E-state index in [0.29, 0.717) is 0 Å². The van der Waals surface area contributed by atoms with Gasteiger partial charge in [-0.05, 0) is 36.3 Å². The van der Waals surface area contributed by atoms with Gasteiger partial charge >= 0.3 is 0 Å². The average Bonchev–Trinajstić information content (AvgIpc) is 2.36. The summed E-state index contributed by atoms with van der Waals surface area (Å²) >= 11 is 0. The van der Waals surface area contributed by atoms with Gasteiger partial charge in [-0.25, -0.2) is 8.78 Å². The quantitative estimate of drug-likeness (QED) is 0.548. The summed E-state index contributed by atoms with van der Waals surface area (Å²) in [6, 6.07) is 3.62. The Bertz CT molecular complexity index is 475. The van der Waals surface area contributed by atoms with Crippen molar-refractivity contribution < 1.29 is 17.9 Å². The minimum absolute atomic E-state index is 0.0575. The van der Waals surface area contributed by atoms with Gasteiger partial charge in [0.2, 0.25) is 0 Å². The van der Waals surface area contributed by atoms with Crippen LogP contribution in [0.4, 0.5) is 8.78 Å². The van der Waals surface area contributed by atoms with E-state index in [1.807, 2.05) is 0 Å². The molecule has 0 spiro atoms. The highest BCUT2D eigenvalue weighted by atomic mass is 28.4. The highest BCUT2D eigenvalue weighted by molar-refractivity contribution is 6.74. The van der Waals surface area contributed by atoms with Gasteiger partial charge in [-0.2, -0.15) is 0 Å². The lowest BCUT2D eigenvalue weighted by atomic mass is 10.2. The Morgan fingerprint density at radius 1 is 1.24 bits per heavy atom. The van der Waals surface area contributed by atoms with Crippen molar-refractivity contribution in [2.45, 2.75) is 45.0 Å². The summed E-state index contributed by atoms with van der Waals surface area (Å²) in [4.78, 5) is 0. The van der Waals surface area contributed by atoms with Crippen LogP contribution in [0.1, 0.15) is 20.8 Å². The second-order valence-corrected chi connectivity index (χ2v) is 11.3. The number of para-hydroxylation sites is 1. The van der Waals surface area contributed by atoms with E-state index in [0.717, 1.165) is 12.1 Å². The van der Waals surface area contributed by atoms with E-state index in [1.54, 1.807) is 0 Å². The number of hydrogen-bond donors (Lipinski definition) is 0. The van der Waals surface area contributed by atoms with Crippen LogP contribution in [0.25, 0.3) is 0 Å². The van der Waals surface area contributed by atoms with E-state index >= 15 is 0 Å². The fourth-order valence-electron chi connectivity index (χ4n) is 1.40. The number of hydrogen-bond acceptors (Lipinski definition) is 2. The molecule has 0 N–H and O–H groups in total. The first-order valence-corrected chi connectivity index (χ1v) is 9.86. The summed E-state index contributed by atoms with van der Waals surface area (Å²) < 4.78 is 38.5. The summed E-state index contributed by atoms with van der Waals surface area (Å²) in [6.07, 6.45) is 0.907. The molecule has 1 rings (SSSR count). The number of benzene rings is 1. The molecule has 0 aromatic heterocycles. The number of rotatable bonds is 6. The zero-order chi connectivity index (χ0) is 16.3. The molecule has 0 heterocycles. The molecule has 0 aliphatic heterocycles. The van der Waals surface area contributed by atoms with Crippen molar-refractivity contribution in [1.29, 1.82) is 0 Å². The maximum Gasteiger partial charge on any atom is 0.192 e. The van der Waals surface area contributed by atoms with Crippen LogP contribution in [0.2, 0.25) is 18.1 Å². The van der Waals surface area contributed by atoms with E-state index in [9.17, 15) is 8.78 Å². The third-order valence-corrected chi connectivity index (χ3v) is 8.37. The topological polar surface area (TPSA) is 18.5 Å². The first-order chi connectivity index (χ1) is 9.58.